The molecule has 6 heteroatoms. The Morgan fingerprint density at radius 1 is 1.21 bits per heavy atom. The molecule has 0 saturated heterocycles. The average molecular weight is 383 g/mol. The minimum absolute atomic E-state index is 0.117. The van der Waals surface area contributed by atoms with Gasteiger partial charge in [0.05, 0.1) is 17.8 Å². The summed E-state index contributed by atoms with van der Waals surface area (Å²) in [4.78, 5) is 15.4. The molecule has 0 radical (unpaired) electrons. The molecule has 1 aromatic heterocycles. The van der Waals surface area contributed by atoms with Crippen molar-refractivity contribution < 1.29 is 14.3 Å². The van der Waals surface area contributed by atoms with Crippen molar-refractivity contribution >= 4 is 5.91 Å². The third kappa shape index (κ3) is 3.86. The largest absolute Gasteiger partial charge is 0.491 e. The van der Waals surface area contributed by atoms with E-state index in [1.54, 1.807) is 4.68 Å². The molecule has 1 aromatic carbocycles. The molecular formula is C22H29N3O3. The van der Waals surface area contributed by atoms with Crippen molar-refractivity contribution in [3.05, 3.63) is 41.6 Å². The Kier molecular flexibility index (Phi) is 5.55. The summed E-state index contributed by atoms with van der Waals surface area (Å²) in [5, 5.41) is 4.48. The molecule has 1 aliphatic heterocycles. The van der Waals surface area contributed by atoms with Gasteiger partial charge < -0.3 is 14.4 Å². The van der Waals surface area contributed by atoms with Crippen LogP contribution in [-0.4, -0.2) is 39.8 Å². The number of hydrogen-bond acceptors (Lipinski definition) is 4. The molecule has 1 fully saturated rings. The first kappa shape index (κ1) is 18.8. The standard InChI is InChI=1S/C22H29N3O3/c1-16-20-13-25(21(26)17-9-5-3-6-10-17)18(15-28-22(20)24(2)23-16)14-27-19-11-7-4-8-12-19/h4,7-8,11-12,17-18H,3,5-6,9-10,13-15H2,1-2H3. The maximum absolute atomic E-state index is 13.4. The Morgan fingerprint density at radius 2 is 1.96 bits per heavy atom. The number of hydrogen-bond donors (Lipinski definition) is 0. The number of para-hydroxylation sites is 1. The van der Waals surface area contributed by atoms with E-state index in [9.17, 15) is 4.79 Å². The molecule has 0 bridgehead atoms. The summed E-state index contributed by atoms with van der Waals surface area (Å²) in [6, 6.07) is 9.62. The predicted molar refractivity (Wildman–Crippen MR) is 106 cm³/mol. The molecule has 150 valence electrons. The lowest BCUT2D eigenvalue weighted by atomic mass is 9.88. The van der Waals surface area contributed by atoms with Crippen LogP contribution in [0.25, 0.3) is 0 Å². The Balaban J connectivity index is 1.57. The van der Waals surface area contributed by atoms with Crippen LogP contribution in [0.4, 0.5) is 0 Å². The molecule has 0 N–H and O–H groups in total. The van der Waals surface area contributed by atoms with Gasteiger partial charge in [-0.25, -0.2) is 4.68 Å². The van der Waals surface area contributed by atoms with Gasteiger partial charge in [-0.05, 0) is 31.9 Å². The zero-order valence-electron chi connectivity index (χ0n) is 16.8. The highest BCUT2D eigenvalue weighted by Crippen LogP contribution is 2.31. The van der Waals surface area contributed by atoms with Crippen LogP contribution in [0.3, 0.4) is 0 Å². The molecule has 2 heterocycles. The minimum Gasteiger partial charge on any atom is -0.491 e. The van der Waals surface area contributed by atoms with E-state index in [0.29, 0.717) is 19.8 Å². The highest BCUT2D eigenvalue weighted by molar-refractivity contribution is 5.79. The molecule has 4 rings (SSSR count). The van der Waals surface area contributed by atoms with E-state index in [1.807, 2.05) is 49.2 Å². The Hall–Kier alpha value is -2.50. The zero-order chi connectivity index (χ0) is 19.5. The fourth-order valence-electron chi connectivity index (χ4n) is 4.30. The number of benzene rings is 1. The van der Waals surface area contributed by atoms with Gasteiger partial charge in [-0.1, -0.05) is 37.5 Å². The number of rotatable bonds is 4. The zero-order valence-corrected chi connectivity index (χ0v) is 16.8. The molecule has 1 amide bonds. The highest BCUT2D eigenvalue weighted by atomic mass is 16.5. The lowest BCUT2D eigenvalue weighted by Crippen LogP contribution is -2.48. The summed E-state index contributed by atoms with van der Waals surface area (Å²) in [5.41, 5.74) is 1.93. The van der Waals surface area contributed by atoms with Crippen molar-refractivity contribution in [1.29, 1.82) is 0 Å². The van der Waals surface area contributed by atoms with E-state index in [4.69, 9.17) is 9.47 Å². The topological polar surface area (TPSA) is 56.6 Å². The normalized spacial score (nSPS) is 20.2. The molecule has 28 heavy (non-hydrogen) atoms. The van der Waals surface area contributed by atoms with E-state index in [0.717, 1.165) is 48.6 Å². The molecule has 6 nitrogen and oxygen atoms in total. The summed E-state index contributed by atoms with van der Waals surface area (Å²) in [5.74, 6) is 1.93. The van der Waals surface area contributed by atoms with Crippen LogP contribution >= 0.6 is 0 Å². The first-order valence-electron chi connectivity index (χ1n) is 10.3. The molecule has 2 aliphatic rings. The van der Waals surface area contributed by atoms with Gasteiger partial charge in [0.25, 0.3) is 0 Å². The maximum Gasteiger partial charge on any atom is 0.226 e. The first-order valence-corrected chi connectivity index (χ1v) is 10.3. The van der Waals surface area contributed by atoms with Crippen LogP contribution in [0.15, 0.2) is 30.3 Å². The van der Waals surface area contributed by atoms with E-state index >= 15 is 0 Å². The Morgan fingerprint density at radius 3 is 2.71 bits per heavy atom. The summed E-state index contributed by atoms with van der Waals surface area (Å²) in [7, 11) is 1.89. The summed E-state index contributed by atoms with van der Waals surface area (Å²) >= 11 is 0. The number of nitrogens with zero attached hydrogens (tertiary/aromatic N) is 3. The molecular weight excluding hydrogens is 354 g/mol. The van der Waals surface area contributed by atoms with Gasteiger partial charge in [0.2, 0.25) is 11.8 Å². The van der Waals surface area contributed by atoms with Crippen molar-refractivity contribution in [3.63, 3.8) is 0 Å². The quantitative estimate of drug-likeness (QED) is 0.811. The third-order valence-electron chi connectivity index (χ3n) is 5.89. The van der Waals surface area contributed by atoms with E-state index < -0.39 is 0 Å². The molecule has 0 spiro atoms. The number of carbonyl (C=O) groups excluding carboxylic acids is 1. The van der Waals surface area contributed by atoms with Crippen LogP contribution in [-0.2, 0) is 18.4 Å². The molecule has 1 aliphatic carbocycles. The number of aryl methyl sites for hydroxylation is 2. The smallest absolute Gasteiger partial charge is 0.226 e. The van der Waals surface area contributed by atoms with Crippen LogP contribution in [0.2, 0.25) is 0 Å². The van der Waals surface area contributed by atoms with E-state index in [-0.39, 0.29) is 17.9 Å². The second kappa shape index (κ2) is 8.25. The van der Waals surface area contributed by atoms with Crippen LogP contribution in [0.5, 0.6) is 11.6 Å². The number of amides is 1. The van der Waals surface area contributed by atoms with Gasteiger partial charge in [0.15, 0.2) is 0 Å². The lowest BCUT2D eigenvalue weighted by Gasteiger charge is -2.33. The number of aromatic nitrogens is 2. The van der Waals surface area contributed by atoms with E-state index in [1.165, 1.54) is 6.42 Å². The van der Waals surface area contributed by atoms with Crippen LogP contribution in [0.1, 0.15) is 43.4 Å². The van der Waals surface area contributed by atoms with Gasteiger partial charge in [-0.2, -0.15) is 5.10 Å². The fourth-order valence-corrected chi connectivity index (χ4v) is 4.30. The molecule has 1 atom stereocenters. The lowest BCUT2D eigenvalue weighted by molar-refractivity contribution is -0.140. The van der Waals surface area contributed by atoms with Gasteiger partial charge in [-0.15, -0.1) is 0 Å². The van der Waals surface area contributed by atoms with Crippen LogP contribution < -0.4 is 9.47 Å². The second-order valence-electron chi connectivity index (χ2n) is 7.88. The minimum atomic E-state index is -0.124. The Labute approximate surface area is 166 Å². The second-order valence-corrected chi connectivity index (χ2v) is 7.88. The van der Waals surface area contributed by atoms with Crippen molar-refractivity contribution in [1.82, 2.24) is 14.7 Å². The SMILES string of the molecule is Cc1nn(C)c2c1CN(C(=O)C1CCCCC1)C(COc1ccccc1)CO2. The maximum atomic E-state index is 13.4. The number of ether oxygens (including phenoxy) is 2. The van der Waals surface area contributed by atoms with E-state index in [2.05, 4.69) is 5.10 Å². The predicted octanol–water partition coefficient (Wildman–Crippen LogP) is 3.48. The first-order chi connectivity index (χ1) is 13.6. The third-order valence-corrected chi connectivity index (χ3v) is 5.89. The Bertz CT molecular complexity index is 812. The van der Waals surface area contributed by atoms with Gasteiger partial charge in [0.1, 0.15) is 25.0 Å². The fraction of sp³-hybridized carbons (Fsp3) is 0.545. The van der Waals surface area contributed by atoms with Crippen molar-refractivity contribution in [2.24, 2.45) is 13.0 Å². The van der Waals surface area contributed by atoms with Gasteiger partial charge in [-0.3, -0.25) is 4.79 Å². The van der Waals surface area contributed by atoms with Crippen molar-refractivity contribution in [2.45, 2.75) is 51.6 Å². The number of carbonyl (C=O) groups is 1. The molecule has 2 aromatic rings. The van der Waals surface area contributed by atoms with Crippen molar-refractivity contribution in [3.8, 4) is 11.6 Å². The molecule has 1 unspecified atom stereocenters. The summed E-state index contributed by atoms with van der Waals surface area (Å²) < 4.78 is 13.9. The average Bonchev–Trinajstić information content (AvgIpc) is 2.89. The summed E-state index contributed by atoms with van der Waals surface area (Å²) in [6.45, 7) is 3.35. The highest BCUT2D eigenvalue weighted by Gasteiger charge is 2.35. The molecule has 1 saturated carbocycles. The monoisotopic (exact) mass is 383 g/mol. The summed E-state index contributed by atoms with van der Waals surface area (Å²) in [6.07, 6.45) is 5.49. The number of fused-ring (bicyclic) bond motifs is 1. The van der Waals surface area contributed by atoms with Crippen LogP contribution in [0, 0.1) is 12.8 Å². The van der Waals surface area contributed by atoms with Crippen molar-refractivity contribution in [2.75, 3.05) is 13.2 Å². The van der Waals surface area contributed by atoms with Gasteiger partial charge >= 0.3 is 0 Å². The van der Waals surface area contributed by atoms with Gasteiger partial charge in [0, 0.05) is 13.0 Å².